The SMILES string of the molecule is N#Cc1ncc(N2C(=O)CCCN(c3ccc(F)c(OCCc4cccnc4)c3)C2=S)cc1C(F)(F)F. The van der Waals surface area contributed by atoms with E-state index in [0.29, 0.717) is 24.6 Å². The Hall–Kier alpha value is -4.11. The molecule has 3 aromatic rings. The molecule has 7 nitrogen and oxygen atoms in total. The molecule has 1 aromatic carbocycles. The van der Waals surface area contributed by atoms with E-state index >= 15 is 0 Å². The number of nitrogens with zero attached hydrogens (tertiary/aromatic N) is 5. The fourth-order valence-electron chi connectivity index (χ4n) is 3.79. The molecule has 0 N–H and O–H groups in total. The van der Waals surface area contributed by atoms with Crippen LogP contribution in [-0.2, 0) is 17.4 Å². The van der Waals surface area contributed by atoms with Crippen LogP contribution in [0.2, 0.25) is 0 Å². The Bertz CT molecular complexity index is 1360. The molecule has 0 radical (unpaired) electrons. The first-order valence-corrected chi connectivity index (χ1v) is 11.5. The number of anilines is 2. The molecule has 1 aliphatic heterocycles. The van der Waals surface area contributed by atoms with Gasteiger partial charge in [-0.2, -0.15) is 18.4 Å². The predicted molar refractivity (Wildman–Crippen MR) is 130 cm³/mol. The summed E-state index contributed by atoms with van der Waals surface area (Å²) in [5.41, 5.74) is -0.988. The van der Waals surface area contributed by atoms with Crippen LogP contribution in [0.25, 0.3) is 0 Å². The van der Waals surface area contributed by atoms with Gasteiger partial charge >= 0.3 is 6.18 Å². The molecule has 0 atom stereocenters. The third-order valence-electron chi connectivity index (χ3n) is 5.58. The van der Waals surface area contributed by atoms with E-state index in [1.807, 2.05) is 6.07 Å². The van der Waals surface area contributed by atoms with E-state index in [1.165, 1.54) is 29.2 Å². The first-order valence-electron chi connectivity index (χ1n) is 11.1. The average Bonchev–Trinajstić information content (AvgIpc) is 3.02. The number of carbonyl (C=O) groups is 1. The quantitative estimate of drug-likeness (QED) is 0.327. The number of ether oxygens (including phenoxy) is 1. The van der Waals surface area contributed by atoms with Crippen LogP contribution in [0.3, 0.4) is 0 Å². The fourth-order valence-corrected chi connectivity index (χ4v) is 4.20. The summed E-state index contributed by atoms with van der Waals surface area (Å²) in [7, 11) is 0. The summed E-state index contributed by atoms with van der Waals surface area (Å²) in [5.74, 6) is -1.16. The summed E-state index contributed by atoms with van der Waals surface area (Å²) in [5, 5.41) is 8.92. The fraction of sp³-hybridized carbons (Fsp3) is 0.240. The lowest BCUT2D eigenvalue weighted by molar-refractivity contribution is -0.138. The molecule has 12 heteroatoms. The second-order valence-corrected chi connectivity index (χ2v) is 8.41. The van der Waals surface area contributed by atoms with Gasteiger partial charge in [0.1, 0.15) is 6.07 Å². The van der Waals surface area contributed by atoms with Crippen molar-refractivity contribution in [3.63, 3.8) is 0 Å². The van der Waals surface area contributed by atoms with Gasteiger partial charge in [0.2, 0.25) is 5.91 Å². The molecule has 0 aliphatic carbocycles. The molecule has 2 aromatic heterocycles. The number of halogens is 4. The second-order valence-electron chi connectivity index (χ2n) is 8.04. The highest BCUT2D eigenvalue weighted by molar-refractivity contribution is 7.81. The van der Waals surface area contributed by atoms with Crippen molar-refractivity contribution in [2.24, 2.45) is 0 Å². The zero-order valence-electron chi connectivity index (χ0n) is 19.2. The van der Waals surface area contributed by atoms with Gasteiger partial charge in [0.15, 0.2) is 22.4 Å². The third-order valence-corrected chi connectivity index (χ3v) is 5.99. The van der Waals surface area contributed by atoms with Gasteiger partial charge in [0.25, 0.3) is 0 Å². The number of pyridine rings is 2. The number of aromatic nitrogens is 2. The summed E-state index contributed by atoms with van der Waals surface area (Å²) in [6.07, 6.45) is 0.314. The molecule has 1 amide bonds. The Balaban J connectivity index is 1.61. The van der Waals surface area contributed by atoms with Gasteiger partial charge in [-0.1, -0.05) is 6.07 Å². The molecule has 4 rings (SSSR count). The predicted octanol–water partition coefficient (Wildman–Crippen LogP) is 5.05. The average molecular weight is 530 g/mol. The maximum Gasteiger partial charge on any atom is 0.419 e. The van der Waals surface area contributed by atoms with Crippen molar-refractivity contribution in [3.8, 4) is 11.8 Å². The van der Waals surface area contributed by atoms with Gasteiger partial charge in [-0.15, -0.1) is 0 Å². The number of nitriles is 1. The monoisotopic (exact) mass is 529 g/mol. The van der Waals surface area contributed by atoms with Crippen molar-refractivity contribution in [3.05, 3.63) is 77.6 Å². The molecule has 1 fully saturated rings. The third kappa shape index (κ3) is 5.83. The molecule has 190 valence electrons. The van der Waals surface area contributed by atoms with Crippen LogP contribution < -0.4 is 14.5 Å². The maximum absolute atomic E-state index is 14.5. The lowest BCUT2D eigenvalue weighted by Crippen LogP contribution is -2.44. The molecular formula is C25H19F4N5O2S. The van der Waals surface area contributed by atoms with Crippen LogP contribution in [0.4, 0.5) is 28.9 Å². The largest absolute Gasteiger partial charge is 0.490 e. The van der Waals surface area contributed by atoms with Crippen molar-refractivity contribution in [2.45, 2.75) is 25.4 Å². The van der Waals surface area contributed by atoms with E-state index in [9.17, 15) is 22.4 Å². The smallest absolute Gasteiger partial charge is 0.419 e. The Labute approximate surface area is 214 Å². The van der Waals surface area contributed by atoms with E-state index in [0.717, 1.165) is 16.7 Å². The Kier molecular flexibility index (Phi) is 7.63. The normalized spacial score (nSPS) is 14.4. The van der Waals surface area contributed by atoms with Crippen LogP contribution in [0.15, 0.2) is 55.0 Å². The zero-order valence-corrected chi connectivity index (χ0v) is 20.0. The number of benzene rings is 1. The van der Waals surface area contributed by atoms with E-state index in [-0.39, 0.29) is 36.1 Å². The van der Waals surface area contributed by atoms with Crippen molar-refractivity contribution in [1.29, 1.82) is 5.26 Å². The number of amides is 1. The Morgan fingerprint density at radius 3 is 2.68 bits per heavy atom. The van der Waals surface area contributed by atoms with Crippen LogP contribution >= 0.6 is 12.2 Å². The van der Waals surface area contributed by atoms with Crippen molar-refractivity contribution < 1.29 is 27.1 Å². The molecule has 0 unspecified atom stereocenters. The molecule has 0 bridgehead atoms. The van der Waals surface area contributed by atoms with E-state index < -0.39 is 29.2 Å². The Morgan fingerprint density at radius 2 is 1.97 bits per heavy atom. The summed E-state index contributed by atoms with van der Waals surface area (Å²) in [6.45, 7) is 0.440. The number of carbonyl (C=O) groups excluding carboxylic acids is 1. The van der Waals surface area contributed by atoms with Gasteiger partial charge in [0.05, 0.1) is 24.1 Å². The Morgan fingerprint density at radius 1 is 1.16 bits per heavy atom. The van der Waals surface area contributed by atoms with Gasteiger partial charge in [-0.25, -0.2) is 9.37 Å². The zero-order chi connectivity index (χ0) is 26.6. The van der Waals surface area contributed by atoms with E-state index in [1.54, 1.807) is 18.5 Å². The lowest BCUT2D eigenvalue weighted by atomic mass is 10.1. The summed E-state index contributed by atoms with van der Waals surface area (Å²) < 4.78 is 60.6. The van der Waals surface area contributed by atoms with Crippen LogP contribution in [0.1, 0.15) is 29.7 Å². The lowest BCUT2D eigenvalue weighted by Gasteiger charge is -2.30. The summed E-state index contributed by atoms with van der Waals surface area (Å²) in [4.78, 5) is 23.0. The van der Waals surface area contributed by atoms with Crippen molar-refractivity contribution in [2.75, 3.05) is 23.0 Å². The number of hydrogen-bond donors (Lipinski definition) is 0. The minimum atomic E-state index is -4.86. The number of thiocarbonyl (C=S) groups is 1. The molecule has 37 heavy (non-hydrogen) atoms. The highest BCUT2D eigenvalue weighted by Crippen LogP contribution is 2.35. The van der Waals surface area contributed by atoms with Crippen LogP contribution in [0.5, 0.6) is 5.75 Å². The molecular weight excluding hydrogens is 510 g/mol. The summed E-state index contributed by atoms with van der Waals surface area (Å²) in [6, 6.07) is 9.81. The van der Waals surface area contributed by atoms with Gasteiger partial charge in [-0.05, 0) is 48.5 Å². The molecule has 0 spiro atoms. The van der Waals surface area contributed by atoms with Crippen LogP contribution in [0, 0.1) is 17.1 Å². The number of rotatable bonds is 6. The van der Waals surface area contributed by atoms with Gasteiger partial charge in [0, 0.05) is 43.5 Å². The van der Waals surface area contributed by atoms with Crippen molar-refractivity contribution >= 4 is 34.6 Å². The number of hydrogen-bond acceptors (Lipinski definition) is 6. The first-order chi connectivity index (χ1) is 17.7. The molecule has 3 heterocycles. The first kappa shape index (κ1) is 26.0. The summed E-state index contributed by atoms with van der Waals surface area (Å²) >= 11 is 5.52. The van der Waals surface area contributed by atoms with E-state index in [4.69, 9.17) is 22.2 Å². The molecule has 1 aliphatic rings. The molecule has 0 saturated carbocycles. The topological polar surface area (TPSA) is 82.4 Å². The maximum atomic E-state index is 14.5. The van der Waals surface area contributed by atoms with Gasteiger partial charge < -0.3 is 9.64 Å². The van der Waals surface area contributed by atoms with Crippen LogP contribution in [-0.4, -0.2) is 34.1 Å². The van der Waals surface area contributed by atoms with Gasteiger partial charge in [-0.3, -0.25) is 14.7 Å². The second kappa shape index (κ2) is 10.9. The van der Waals surface area contributed by atoms with Crippen molar-refractivity contribution in [1.82, 2.24) is 9.97 Å². The molecule has 1 saturated heterocycles. The minimum absolute atomic E-state index is 0.00759. The minimum Gasteiger partial charge on any atom is -0.490 e. The number of alkyl halides is 3. The standard InChI is InChI=1S/C25H19F4N5O2S/c26-20-6-5-17(12-22(20)36-10-7-16-3-1-8-31-14-16)33-9-2-4-23(35)34(24(33)37)18-11-19(25(27,28)29)21(13-30)32-15-18/h1,3,5-6,8,11-12,14-15H,2,4,7,9-10H2. The highest BCUT2D eigenvalue weighted by Gasteiger charge is 2.37. The highest BCUT2D eigenvalue weighted by atomic mass is 32.1. The van der Waals surface area contributed by atoms with E-state index in [2.05, 4.69) is 9.97 Å².